The molecule has 1 aromatic carbocycles. The van der Waals surface area contributed by atoms with Crippen molar-refractivity contribution in [1.29, 1.82) is 0 Å². The second kappa shape index (κ2) is 7.61. The van der Waals surface area contributed by atoms with Crippen molar-refractivity contribution in [2.75, 3.05) is 26.3 Å². The summed E-state index contributed by atoms with van der Waals surface area (Å²) in [6.45, 7) is 8.22. The minimum absolute atomic E-state index is 0.0818. The summed E-state index contributed by atoms with van der Waals surface area (Å²) in [6, 6.07) is 4.56. The van der Waals surface area contributed by atoms with E-state index in [9.17, 15) is 13.2 Å². The van der Waals surface area contributed by atoms with Crippen molar-refractivity contribution in [1.82, 2.24) is 19.8 Å². The molecular weight excluding hydrogens is 384 g/mol. The smallest absolute Gasteiger partial charge is 0.252 e. The van der Waals surface area contributed by atoms with Gasteiger partial charge in [-0.15, -0.1) is 0 Å². The van der Waals surface area contributed by atoms with Crippen LogP contribution in [0.2, 0.25) is 0 Å². The quantitative estimate of drug-likeness (QED) is 0.794. The highest BCUT2D eigenvalue weighted by Crippen LogP contribution is 2.23. The number of morpholine rings is 1. The lowest BCUT2D eigenvalue weighted by molar-refractivity contribution is 0.0730. The molecule has 1 aromatic heterocycles. The van der Waals surface area contributed by atoms with E-state index in [1.807, 2.05) is 0 Å². The highest BCUT2D eigenvalue weighted by Gasteiger charge is 2.31. The minimum Gasteiger partial charge on any atom is -0.379 e. The van der Waals surface area contributed by atoms with Crippen LogP contribution in [0.4, 0.5) is 0 Å². The average molecular weight is 408 g/mol. The summed E-state index contributed by atoms with van der Waals surface area (Å²) in [5.41, 5.74) is 0.0570. The number of amides is 1. The number of ether oxygens (including phenoxy) is 1. The number of hydrogen-bond acceptors (Lipinski definition) is 7. The second-order valence-electron chi connectivity index (χ2n) is 7.21. The zero-order valence-electron chi connectivity index (χ0n) is 16.4. The van der Waals surface area contributed by atoms with Crippen molar-refractivity contribution >= 4 is 15.9 Å². The number of aromatic nitrogens is 2. The van der Waals surface area contributed by atoms with E-state index in [2.05, 4.69) is 15.5 Å². The molecule has 0 radical (unpaired) electrons. The number of benzene rings is 1. The molecule has 1 fully saturated rings. The summed E-state index contributed by atoms with van der Waals surface area (Å²) in [4.78, 5) is 17.1. The molecule has 0 unspecified atom stereocenters. The number of nitrogens with one attached hydrogen (secondary N) is 1. The molecule has 10 heteroatoms. The molecule has 1 amide bonds. The fraction of sp³-hybridized carbons (Fsp3) is 0.500. The van der Waals surface area contributed by atoms with Gasteiger partial charge in [0.15, 0.2) is 5.82 Å². The molecule has 152 valence electrons. The number of rotatable bonds is 5. The zero-order chi connectivity index (χ0) is 20.5. The van der Waals surface area contributed by atoms with E-state index >= 15 is 0 Å². The van der Waals surface area contributed by atoms with Crippen molar-refractivity contribution in [2.45, 2.75) is 38.1 Å². The summed E-state index contributed by atoms with van der Waals surface area (Å²) in [6.07, 6.45) is 0. The van der Waals surface area contributed by atoms with Crippen LogP contribution in [0.15, 0.2) is 27.6 Å². The lowest BCUT2D eigenvalue weighted by Gasteiger charge is -2.26. The molecule has 2 heterocycles. The van der Waals surface area contributed by atoms with Crippen LogP contribution in [0.25, 0.3) is 0 Å². The maximum Gasteiger partial charge on any atom is 0.252 e. The predicted octanol–water partition coefficient (Wildman–Crippen LogP) is 1.37. The average Bonchev–Trinajstić information content (AvgIpc) is 3.09. The molecule has 0 bridgehead atoms. The highest BCUT2D eigenvalue weighted by atomic mass is 32.2. The van der Waals surface area contributed by atoms with Crippen molar-refractivity contribution in [3.05, 3.63) is 41.0 Å². The lowest BCUT2D eigenvalue weighted by Crippen LogP contribution is -2.42. The number of aryl methyl sites for hydroxylation is 2. The van der Waals surface area contributed by atoms with E-state index in [4.69, 9.17) is 9.26 Å². The summed E-state index contributed by atoms with van der Waals surface area (Å²) in [5, 5.41) is 6.71. The van der Waals surface area contributed by atoms with Crippen LogP contribution in [0, 0.1) is 13.8 Å². The number of nitrogens with zero attached hydrogens (tertiary/aromatic N) is 3. The van der Waals surface area contributed by atoms with Gasteiger partial charge in [0.2, 0.25) is 15.9 Å². The third-order valence-electron chi connectivity index (χ3n) is 4.57. The number of sulfonamides is 1. The molecule has 0 aliphatic carbocycles. The molecular formula is C18H24N4O5S. The van der Waals surface area contributed by atoms with Crippen molar-refractivity contribution in [3.63, 3.8) is 0 Å². The lowest BCUT2D eigenvalue weighted by atomic mass is 10.0. The first-order valence-corrected chi connectivity index (χ1v) is 10.4. The fourth-order valence-electron chi connectivity index (χ4n) is 2.90. The van der Waals surface area contributed by atoms with E-state index in [-0.39, 0.29) is 10.5 Å². The Hall–Kier alpha value is -2.30. The summed E-state index contributed by atoms with van der Waals surface area (Å²) >= 11 is 0. The second-order valence-corrected chi connectivity index (χ2v) is 9.15. The molecule has 0 saturated carbocycles. The first-order valence-electron chi connectivity index (χ1n) is 8.93. The van der Waals surface area contributed by atoms with Crippen molar-refractivity contribution < 1.29 is 22.5 Å². The molecule has 1 aliphatic rings. The van der Waals surface area contributed by atoms with E-state index in [1.165, 1.54) is 16.4 Å². The van der Waals surface area contributed by atoms with Gasteiger partial charge in [-0.3, -0.25) is 4.79 Å². The zero-order valence-corrected chi connectivity index (χ0v) is 17.2. The molecule has 0 atom stereocenters. The Balaban J connectivity index is 1.87. The standard InChI is InChI=1S/C18H24N4O5S/c1-12-5-6-14(28(24,25)22-7-9-26-10-8-22)11-15(12)16(23)20-18(3,4)17-19-13(2)27-21-17/h5-6,11H,7-10H2,1-4H3,(H,20,23). The summed E-state index contributed by atoms with van der Waals surface area (Å²) in [5.74, 6) is 0.323. The van der Waals surface area contributed by atoms with E-state index in [0.717, 1.165) is 0 Å². The van der Waals surface area contributed by atoms with Gasteiger partial charge < -0.3 is 14.6 Å². The molecule has 1 N–H and O–H groups in total. The Labute approximate surface area is 164 Å². The maximum atomic E-state index is 12.9. The van der Waals surface area contributed by atoms with Gasteiger partial charge in [0, 0.05) is 25.6 Å². The van der Waals surface area contributed by atoms with Gasteiger partial charge in [0.1, 0.15) is 0 Å². The van der Waals surface area contributed by atoms with Gasteiger partial charge in [-0.2, -0.15) is 9.29 Å². The maximum absolute atomic E-state index is 12.9. The van der Waals surface area contributed by atoms with Crippen LogP contribution in [-0.2, 0) is 20.3 Å². The molecule has 1 saturated heterocycles. The van der Waals surface area contributed by atoms with Crippen LogP contribution in [0.1, 0.15) is 41.5 Å². The largest absolute Gasteiger partial charge is 0.379 e. The highest BCUT2D eigenvalue weighted by molar-refractivity contribution is 7.89. The Morgan fingerprint density at radius 1 is 1.21 bits per heavy atom. The van der Waals surface area contributed by atoms with Gasteiger partial charge in [0.25, 0.3) is 5.91 Å². The van der Waals surface area contributed by atoms with Crippen LogP contribution in [-0.4, -0.2) is 55.1 Å². The fourth-order valence-corrected chi connectivity index (χ4v) is 4.34. The summed E-state index contributed by atoms with van der Waals surface area (Å²) in [7, 11) is -3.69. The number of carbonyl (C=O) groups is 1. The van der Waals surface area contributed by atoms with Crippen molar-refractivity contribution in [2.24, 2.45) is 0 Å². The Morgan fingerprint density at radius 2 is 1.89 bits per heavy atom. The van der Waals surface area contributed by atoms with E-state index in [1.54, 1.807) is 33.8 Å². The van der Waals surface area contributed by atoms with Gasteiger partial charge in [0.05, 0.1) is 23.6 Å². The first kappa shape index (κ1) is 20.4. The summed E-state index contributed by atoms with van der Waals surface area (Å²) < 4.78 is 37.4. The number of hydrogen-bond donors (Lipinski definition) is 1. The van der Waals surface area contributed by atoms with Crippen LogP contribution in [0.5, 0.6) is 0 Å². The van der Waals surface area contributed by atoms with E-state index < -0.39 is 21.5 Å². The Kier molecular flexibility index (Phi) is 5.55. The molecule has 3 rings (SSSR count). The molecule has 9 nitrogen and oxygen atoms in total. The Bertz CT molecular complexity index is 978. The first-order chi connectivity index (χ1) is 13.1. The molecule has 2 aromatic rings. The SMILES string of the molecule is Cc1nc(C(C)(C)NC(=O)c2cc(S(=O)(=O)N3CCOCC3)ccc2C)no1. The van der Waals surface area contributed by atoms with E-state index in [0.29, 0.717) is 43.6 Å². The van der Waals surface area contributed by atoms with Gasteiger partial charge in [-0.1, -0.05) is 11.2 Å². The topological polar surface area (TPSA) is 115 Å². The number of carbonyl (C=O) groups excluding carboxylic acids is 1. The van der Waals surface area contributed by atoms with Gasteiger partial charge >= 0.3 is 0 Å². The predicted molar refractivity (Wildman–Crippen MR) is 100 cm³/mol. The Morgan fingerprint density at radius 3 is 2.50 bits per heavy atom. The third-order valence-corrected chi connectivity index (χ3v) is 6.47. The minimum atomic E-state index is -3.69. The monoisotopic (exact) mass is 408 g/mol. The van der Waals surface area contributed by atoms with Crippen LogP contribution >= 0.6 is 0 Å². The van der Waals surface area contributed by atoms with Crippen LogP contribution in [0.3, 0.4) is 0 Å². The third kappa shape index (κ3) is 4.08. The molecule has 28 heavy (non-hydrogen) atoms. The van der Waals surface area contributed by atoms with Gasteiger partial charge in [-0.25, -0.2) is 8.42 Å². The van der Waals surface area contributed by atoms with Crippen LogP contribution < -0.4 is 5.32 Å². The normalized spacial score (nSPS) is 16.1. The molecule has 0 spiro atoms. The molecule has 1 aliphatic heterocycles. The van der Waals surface area contributed by atoms with Crippen molar-refractivity contribution in [3.8, 4) is 0 Å². The van der Waals surface area contributed by atoms with Gasteiger partial charge in [-0.05, 0) is 38.5 Å².